The summed E-state index contributed by atoms with van der Waals surface area (Å²) in [5.41, 5.74) is 0. The van der Waals surface area contributed by atoms with E-state index < -0.39 is 0 Å². The lowest BCUT2D eigenvalue weighted by molar-refractivity contribution is 1.15. The molecule has 2 aromatic heterocycles. The first-order valence-electron chi connectivity index (χ1n) is 4.99. The Hall–Kier alpha value is -1.38. The van der Waals surface area contributed by atoms with Gasteiger partial charge in [0.05, 0.1) is 6.54 Å². The van der Waals surface area contributed by atoms with Gasteiger partial charge in [0.2, 0.25) is 0 Å². The molecule has 2 aromatic rings. The normalized spacial score (nSPS) is 10.0. The molecule has 2 heterocycles. The molecule has 0 radical (unpaired) electrons. The average molecular weight is 249 g/mol. The summed E-state index contributed by atoms with van der Waals surface area (Å²) in [6.07, 6.45) is 2.93. The number of thiazole rings is 1. The minimum absolute atomic E-state index is 0.739. The SMILES string of the molecule is CCc1cnc(NCc2ccc(C#N)s2)s1. The first kappa shape index (κ1) is 11.1. The molecular formula is C11H11N3S2. The first-order chi connectivity index (χ1) is 7.81. The van der Waals surface area contributed by atoms with Gasteiger partial charge in [-0.1, -0.05) is 6.92 Å². The van der Waals surface area contributed by atoms with Crippen LogP contribution in [0.1, 0.15) is 21.6 Å². The zero-order valence-corrected chi connectivity index (χ0v) is 10.5. The molecule has 0 aliphatic carbocycles. The molecule has 0 saturated carbocycles. The zero-order valence-electron chi connectivity index (χ0n) is 8.86. The number of nitrogens with one attached hydrogen (secondary N) is 1. The molecule has 0 saturated heterocycles. The molecule has 0 aliphatic heterocycles. The molecule has 0 bridgehead atoms. The van der Waals surface area contributed by atoms with Crippen LogP contribution in [-0.2, 0) is 13.0 Å². The van der Waals surface area contributed by atoms with E-state index in [2.05, 4.69) is 23.3 Å². The van der Waals surface area contributed by atoms with Crippen LogP contribution in [0.3, 0.4) is 0 Å². The summed E-state index contributed by atoms with van der Waals surface area (Å²) in [7, 11) is 0. The van der Waals surface area contributed by atoms with Gasteiger partial charge in [0.1, 0.15) is 10.9 Å². The van der Waals surface area contributed by atoms with Gasteiger partial charge in [-0.25, -0.2) is 4.98 Å². The maximum atomic E-state index is 8.70. The lowest BCUT2D eigenvalue weighted by Gasteiger charge is -1.98. The number of aryl methyl sites for hydroxylation is 1. The maximum absolute atomic E-state index is 8.70. The Morgan fingerprint density at radius 1 is 1.38 bits per heavy atom. The predicted molar refractivity (Wildman–Crippen MR) is 67.9 cm³/mol. The van der Waals surface area contributed by atoms with Gasteiger partial charge in [-0.15, -0.1) is 22.7 Å². The Kier molecular flexibility index (Phi) is 3.54. The van der Waals surface area contributed by atoms with Crippen molar-refractivity contribution in [1.82, 2.24) is 4.98 Å². The van der Waals surface area contributed by atoms with Crippen molar-refractivity contribution in [3.63, 3.8) is 0 Å². The van der Waals surface area contributed by atoms with Crippen molar-refractivity contribution in [2.75, 3.05) is 5.32 Å². The van der Waals surface area contributed by atoms with Gasteiger partial charge in [-0.3, -0.25) is 0 Å². The van der Waals surface area contributed by atoms with Crippen LogP contribution in [0.4, 0.5) is 5.13 Å². The molecule has 82 valence electrons. The molecule has 5 heteroatoms. The summed E-state index contributed by atoms with van der Waals surface area (Å²) in [6, 6.07) is 5.96. The highest BCUT2D eigenvalue weighted by Crippen LogP contribution is 2.21. The van der Waals surface area contributed by atoms with E-state index in [0.717, 1.165) is 27.9 Å². The van der Waals surface area contributed by atoms with E-state index in [-0.39, 0.29) is 0 Å². The van der Waals surface area contributed by atoms with Crippen molar-refractivity contribution in [3.8, 4) is 6.07 Å². The van der Waals surface area contributed by atoms with E-state index in [9.17, 15) is 0 Å². The van der Waals surface area contributed by atoms with Gasteiger partial charge < -0.3 is 5.32 Å². The third-order valence-electron chi connectivity index (χ3n) is 2.09. The van der Waals surface area contributed by atoms with Crippen LogP contribution in [-0.4, -0.2) is 4.98 Å². The molecule has 16 heavy (non-hydrogen) atoms. The number of thiophene rings is 1. The van der Waals surface area contributed by atoms with Crippen LogP contribution in [0.2, 0.25) is 0 Å². The van der Waals surface area contributed by atoms with Gasteiger partial charge >= 0.3 is 0 Å². The molecule has 0 amide bonds. The predicted octanol–water partition coefficient (Wildman–Crippen LogP) is 3.25. The van der Waals surface area contributed by atoms with Crippen LogP contribution in [0.5, 0.6) is 0 Å². The number of hydrogen-bond acceptors (Lipinski definition) is 5. The number of nitriles is 1. The monoisotopic (exact) mass is 249 g/mol. The third kappa shape index (κ3) is 2.60. The number of nitrogens with zero attached hydrogens (tertiary/aromatic N) is 2. The number of anilines is 1. The number of rotatable bonds is 4. The van der Waals surface area contributed by atoms with Crippen LogP contribution < -0.4 is 5.32 Å². The second-order valence-corrected chi connectivity index (χ2v) is 5.50. The van der Waals surface area contributed by atoms with Crippen LogP contribution in [0, 0.1) is 11.3 Å². The largest absolute Gasteiger partial charge is 0.357 e. The van der Waals surface area contributed by atoms with Crippen molar-refractivity contribution >= 4 is 27.8 Å². The summed E-state index contributed by atoms with van der Waals surface area (Å²) < 4.78 is 0. The van der Waals surface area contributed by atoms with Gasteiger partial charge in [-0.2, -0.15) is 5.26 Å². The van der Waals surface area contributed by atoms with E-state index in [1.165, 1.54) is 16.2 Å². The van der Waals surface area contributed by atoms with Gasteiger partial charge in [0.15, 0.2) is 5.13 Å². The molecule has 0 fully saturated rings. The maximum Gasteiger partial charge on any atom is 0.183 e. The fourth-order valence-electron chi connectivity index (χ4n) is 1.25. The molecule has 2 rings (SSSR count). The van der Waals surface area contributed by atoms with Gasteiger partial charge in [-0.05, 0) is 18.6 Å². The molecule has 0 atom stereocenters. The van der Waals surface area contributed by atoms with Crippen molar-refractivity contribution in [1.29, 1.82) is 5.26 Å². The van der Waals surface area contributed by atoms with E-state index in [4.69, 9.17) is 5.26 Å². The Labute approximate surface area is 102 Å². The highest BCUT2D eigenvalue weighted by molar-refractivity contribution is 7.15. The molecule has 0 aliphatic rings. The van der Waals surface area contributed by atoms with Gasteiger partial charge in [0, 0.05) is 16.0 Å². The van der Waals surface area contributed by atoms with E-state index in [1.54, 1.807) is 11.3 Å². The topological polar surface area (TPSA) is 48.7 Å². The highest BCUT2D eigenvalue weighted by Gasteiger charge is 2.02. The summed E-state index contributed by atoms with van der Waals surface area (Å²) in [4.78, 5) is 7.47. The fourth-order valence-corrected chi connectivity index (χ4v) is 2.74. The van der Waals surface area contributed by atoms with Crippen molar-refractivity contribution in [3.05, 3.63) is 33.0 Å². The lowest BCUT2D eigenvalue weighted by Crippen LogP contribution is -1.95. The molecule has 3 nitrogen and oxygen atoms in total. The Morgan fingerprint density at radius 3 is 2.88 bits per heavy atom. The first-order valence-corrected chi connectivity index (χ1v) is 6.62. The number of aromatic nitrogens is 1. The standard InChI is InChI=1S/C11H11N3S2/c1-2-8-6-13-11(16-8)14-7-10-4-3-9(5-12)15-10/h3-4,6H,2,7H2,1H3,(H,13,14). The van der Waals surface area contributed by atoms with E-state index in [1.807, 2.05) is 18.3 Å². The summed E-state index contributed by atoms with van der Waals surface area (Å²) in [5, 5.41) is 12.9. The zero-order chi connectivity index (χ0) is 11.4. The Morgan fingerprint density at radius 2 is 2.25 bits per heavy atom. The number of hydrogen-bond donors (Lipinski definition) is 1. The lowest BCUT2D eigenvalue weighted by atomic mass is 10.4. The summed E-state index contributed by atoms with van der Waals surface area (Å²) >= 11 is 3.20. The smallest absolute Gasteiger partial charge is 0.183 e. The highest BCUT2D eigenvalue weighted by atomic mass is 32.1. The molecule has 0 aromatic carbocycles. The average Bonchev–Trinajstić information content (AvgIpc) is 2.95. The second-order valence-electron chi connectivity index (χ2n) is 3.22. The Balaban J connectivity index is 1.94. The van der Waals surface area contributed by atoms with Crippen LogP contribution in [0.15, 0.2) is 18.3 Å². The second kappa shape index (κ2) is 5.10. The van der Waals surface area contributed by atoms with Crippen molar-refractivity contribution in [2.24, 2.45) is 0 Å². The minimum Gasteiger partial charge on any atom is -0.357 e. The fraction of sp³-hybridized carbons (Fsp3) is 0.273. The Bertz CT molecular complexity index is 507. The quantitative estimate of drug-likeness (QED) is 0.904. The molecule has 1 N–H and O–H groups in total. The van der Waals surface area contributed by atoms with E-state index in [0.29, 0.717) is 0 Å². The van der Waals surface area contributed by atoms with Crippen LogP contribution in [0.25, 0.3) is 0 Å². The van der Waals surface area contributed by atoms with Gasteiger partial charge in [0.25, 0.3) is 0 Å². The third-order valence-corrected chi connectivity index (χ3v) is 4.18. The van der Waals surface area contributed by atoms with Crippen LogP contribution >= 0.6 is 22.7 Å². The molecule has 0 spiro atoms. The summed E-state index contributed by atoms with van der Waals surface area (Å²) in [5.74, 6) is 0. The molecular weight excluding hydrogens is 238 g/mol. The van der Waals surface area contributed by atoms with Crippen molar-refractivity contribution in [2.45, 2.75) is 19.9 Å². The molecule has 0 unspecified atom stereocenters. The van der Waals surface area contributed by atoms with Crippen molar-refractivity contribution < 1.29 is 0 Å². The van der Waals surface area contributed by atoms with E-state index >= 15 is 0 Å². The minimum atomic E-state index is 0.739. The summed E-state index contributed by atoms with van der Waals surface area (Å²) in [6.45, 7) is 2.86.